The number of hydrogen-bond acceptors (Lipinski definition) is 5. The highest BCUT2D eigenvalue weighted by atomic mass is 19.4. The molecule has 0 atom stereocenters. The molecule has 4 rings (SSSR count). The average molecular weight is 420 g/mol. The van der Waals surface area contributed by atoms with E-state index in [0.717, 1.165) is 21.4 Å². The number of carbonyl (C=O) groups is 1. The maximum absolute atomic E-state index is 12.7. The molecule has 2 aromatic carbocycles. The molecule has 1 amide bonds. The Hall–Kier alpha value is -3.76. The number of rotatable bonds is 5. The standard InChI is InChI=1S/C19H15F3N4O4/c1-29-14-7-5-13(6-8-14)24-11-16-23-25(18(28)26(16)17(24)27)10-12-3-2-4-15(9-12)30-19(20,21)22/h2-9H,10-11H2,1H3. The Morgan fingerprint density at radius 2 is 1.80 bits per heavy atom. The first-order valence-corrected chi connectivity index (χ1v) is 8.74. The predicted octanol–water partition coefficient (Wildman–Crippen LogP) is 2.99. The maximum atomic E-state index is 12.7. The molecule has 3 aromatic rings. The van der Waals surface area contributed by atoms with Crippen LogP contribution in [0.2, 0.25) is 0 Å². The number of aromatic nitrogens is 3. The van der Waals surface area contributed by atoms with E-state index in [1.54, 1.807) is 24.3 Å². The highest BCUT2D eigenvalue weighted by molar-refractivity contribution is 5.96. The van der Waals surface area contributed by atoms with Crippen molar-refractivity contribution in [2.24, 2.45) is 0 Å². The van der Waals surface area contributed by atoms with Crippen molar-refractivity contribution < 1.29 is 27.4 Å². The van der Waals surface area contributed by atoms with Gasteiger partial charge >= 0.3 is 18.1 Å². The second-order valence-electron chi connectivity index (χ2n) is 6.45. The van der Waals surface area contributed by atoms with Gasteiger partial charge in [0.25, 0.3) is 0 Å². The van der Waals surface area contributed by atoms with Gasteiger partial charge in [-0.3, -0.25) is 4.90 Å². The fourth-order valence-electron chi connectivity index (χ4n) is 3.16. The summed E-state index contributed by atoms with van der Waals surface area (Å²) in [7, 11) is 1.53. The third kappa shape index (κ3) is 3.73. The van der Waals surface area contributed by atoms with Gasteiger partial charge < -0.3 is 9.47 Å². The quantitative estimate of drug-likeness (QED) is 0.634. The minimum absolute atomic E-state index is 0.0879. The van der Waals surface area contributed by atoms with E-state index < -0.39 is 23.8 Å². The van der Waals surface area contributed by atoms with Crippen molar-refractivity contribution in [3.8, 4) is 11.5 Å². The van der Waals surface area contributed by atoms with Gasteiger partial charge in [0.2, 0.25) is 0 Å². The van der Waals surface area contributed by atoms with Gasteiger partial charge in [-0.15, -0.1) is 13.2 Å². The fourth-order valence-corrected chi connectivity index (χ4v) is 3.16. The molecule has 8 nitrogen and oxygen atoms in total. The molecule has 11 heteroatoms. The SMILES string of the molecule is COc1ccc(N2Cc3nn(Cc4cccc(OC(F)(F)F)c4)c(=O)n3C2=O)cc1. The Labute approximate surface area is 167 Å². The lowest BCUT2D eigenvalue weighted by molar-refractivity contribution is -0.274. The van der Waals surface area contributed by atoms with Crippen molar-refractivity contribution in [1.82, 2.24) is 14.3 Å². The summed E-state index contributed by atoms with van der Waals surface area (Å²) >= 11 is 0. The maximum Gasteiger partial charge on any atom is 0.573 e. The summed E-state index contributed by atoms with van der Waals surface area (Å²) in [6.07, 6.45) is -4.82. The highest BCUT2D eigenvalue weighted by Gasteiger charge is 2.34. The lowest BCUT2D eigenvalue weighted by Gasteiger charge is -2.15. The number of amides is 1. The lowest BCUT2D eigenvalue weighted by atomic mass is 10.2. The van der Waals surface area contributed by atoms with E-state index in [9.17, 15) is 22.8 Å². The molecule has 0 N–H and O–H groups in total. The molecule has 1 aliphatic rings. The van der Waals surface area contributed by atoms with Gasteiger partial charge in [-0.2, -0.15) is 9.67 Å². The number of anilines is 1. The van der Waals surface area contributed by atoms with Crippen LogP contribution in [0.3, 0.4) is 0 Å². The Morgan fingerprint density at radius 3 is 2.43 bits per heavy atom. The van der Waals surface area contributed by atoms with Crippen LogP contribution in [-0.4, -0.2) is 33.9 Å². The second kappa shape index (κ2) is 7.25. The molecule has 0 bridgehead atoms. The van der Waals surface area contributed by atoms with Gasteiger partial charge in [0.1, 0.15) is 11.5 Å². The van der Waals surface area contributed by atoms with Gasteiger partial charge in [-0.25, -0.2) is 14.3 Å². The minimum Gasteiger partial charge on any atom is -0.497 e. The Balaban J connectivity index is 1.55. The number of alkyl halides is 3. The van der Waals surface area contributed by atoms with Crippen LogP contribution in [0.4, 0.5) is 23.7 Å². The monoisotopic (exact) mass is 420 g/mol. The molecular weight excluding hydrogens is 405 g/mol. The van der Waals surface area contributed by atoms with Gasteiger partial charge in [-0.05, 0) is 42.0 Å². The number of fused-ring (bicyclic) bond motifs is 1. The highest BCUT2D eigenvalue weighted by Crippen LogP contribution is 2.25. The molecular formula is C19H15F3N4O4. The van der Waals surface area contributed by atoms with E-state index in [1.807, 2.05) is 0 Å². The number of carbonyl (C=O) groups excluding carboxylic acids is 1. The number of benzene rings is 2. The molecule has 1 aromatic heterocycles. The first-order valence-electron chi connectivity index (χ1n) is 8.74. The van der Waals surface area contributed by atoms with Crippen molar-refractivity contribution in [1.29, 1.82) is 0 Å². The summed E-state index contributed by atoms with van der Waals surface area (Å²) in [4.78, 5) is 26.8. The number of methoxy groups -OCH3 is 1. The van der Waals surface area contributed by atoms with Gasteiger partial charge in [0, 0.05) is 5.69 Å². The third-order valence-electron chi connectivity index (χ3n) is 4.48. The van der Waals surface area contributed by atoms with E-state index in [0.29, 0.717) is 17.0 Å². The van der Waals surface area contributed by atoms with Crippen LogP contribution in [0.25, 0.3) is 0 Å². The van der Waals surface area contributed by atoms with Gasteiger partial charge in [0.15, 0.2) is 5.82 Å². The van der Waals surface area contributed by atoms with E-state index in [-0.39, 0.29) is 18.9 Å². The molecule has 30 heavy (non-hydrogen) atoms. The second-order valence-corrected chi connectivity index (χ2v) is 6.45. The van der Waals surface area contributed by atoms with Crippen molar-refractivity contribution in [3.63, 3.8) is 0 Å². The molecule has 156 valence electrons. The Kier molecular flexibility index (Phi) is 4.72. The van der Waals surface area contributed by atoms with Crippen molar-refractivity contribution >= 4 is 11.7 Å². The summed E-state index contributed by atoms with van der Waals surface area (Å²) in [6.45, 7) is -0.0195. The van der Waals surface area contributed by atoms with E-state index in [4.69, 9.17) is 4.74 Å². The van der Waals surface area contributed by atoms with Crippen molar-refractivity contribution in [2.75, 3.05) is 12.0 Å². The van der Waals surface area contributed by atoms with E-state index >= 15 is 0 Å². The van der Waals surface area contributed by atoms with Gasteiger partial charge in [0.05, 0.1) is 20.2 Å². The van der Waals surface area contributed by atoms with Gasteiger partial charge in [-0.1, -0.05) is 12.1 Å². The minimum atomic E-state index is -4.82. The summed E-state index contributed by atoms with van der Waals surface area (Å²) < 4.78 is 48.1. The van der Waals surface area contributed by atoms with Crippen LogP contribution >= 0.6 is 0 Å². The van der Waals surface area contributed by atoms with E-state index in [2.05, 4.69) is 9.84 Å². The molecule has 0 saturated carbocycles. The number of nitrogens with zero attached hydrogens (tertiary/aromatic N) is 4. The third-order valence-corrected chi connectivity index (χ3v) is 4.48. The lowest BCUT2D eigenvalue weighted by Crippen LogP contribution is -2.35. The topological polar surface area (TPSA) is 78.6 Å². The molecule has 0 aliphatic carbocycles. The normalized spacial score (nSPS) is 13.5. The van der Waals surface area contributed by atoms with Crippen LogP contribution in [0.1, 0.15) is 11.4 Å². The zero-order valence-electron chi connectivity index (χ0n) is 15.6. The Morgan fingerprint density at radius 1 is 1.07 bits per heavy atom. The predicted molar refractivity (Wildman–Crippen MR) is 98.7 cm³/mol. The average Bonchev–Trinajstić information content (AvgIpc) is 3.17. The summed E-state index contributed by atoms with van der Waals surface area (Å²) in [5.74, 6) is 0.465. The largest absolute Gasteiger partial charge is 0.573 e. The van der Waals surface area contributed by atoms with Crippen LogP contribution in [0, 0.1) is 0 Å². The molecule has 0 unspecified atom stereocenters. The first-order chi connectivity index (χ1) is 14.2. The molecule has 0 saturated heterocycles. The summed E-state index contributed by atoms with van der Waals surface area (Å²) in [5.41, 5.74) is 0.275. The van der Waals surface area contributed by atoms with Crippen LogP contribution < -0.4 is 20.1 Å². The zero-order chi connectivity index (χ0) is 21.5. The Bertz CT molecular complexity index is 1150. The van der Waals surface area contributed by atoms with Crippen LogP contribution in [0.5, 0.6) is 11.5 Å². The van der Waals surface area contributed by atoms with Crippen molar-refractivity contribution in [2.45, 2.75) is 19.5 Å². The molecule has 2 heterocycles. The van der Waals surface area contributed by atoms with Crippen LogP contribution in [-0.2, 0) is 13.1 Å². The number of ether oxygens (including phenoxy) is 2. The van der Waals surface area contributed by atoms with E-state index in [1.165, 1.54) is 24.1 Å². The number of halogens is 3. The molecule has 0 radical (unpaired) electrons. The summed E-state index contributed by atoms with van der Waals surface area (Å²) in [5, 5.41) is 4.17. The smallest absolute Gasteiger partial charge is 0.497 e. The fraction of sp³-hybridized carbons (Fsp3) is 0.211. The van der Waals surface area contributed by atoms with Crippen molar-refractivity contribution in [3.05, 3.63) is 70.4 Å². The first kappa shape index (κ1) is 19.6. The molecule has 0 spiro atoms. The molecule has 0 fully saturated rings. The van der Waals surface area contributed by atoms with Crippen LogP contribution in [0.15, 0.2) is 53.3 Å². The summed E-state index contributed by atoms with van der Waals surface area (Å²) in [6, 6.07) is 11.4. The number of hydrogen-bond donors (Lipinski definition) is 0. The zero-order valence-corrected chi connectivity index (χ0v) is 15.6. The molecule has 1 aliphatic heterocycles.